The SMILES string of the molecule is c1ccc(-c2ccc(-c3cc(-c4cc(-c5ccccc5)cc(-c5ccc(-c6nc(-c7ccccc7)nc(-c7ccccc7)n6)cc5)c4)nc(-c4ccccc4)n3)cc2)cc1. The summed E-state index contributed by atoms with van der Waals surface area (Å²) in [5, 5.41) is 0. The average Bonchev–Trinajstić information content (AvgIpc) is 3.35. The first kappa shape index (κ1) is 36.2. The van der Waals surface area contributed by atoms with Gasteiger partial charge in [-0.25, -0.2) is 24.9 Å². The number of rotatable bonds is 9. The zero-order valence-corrected chi connectivity index (χ0v) is 32.6. The van der Waals surface area contributed by atoms with Gasteiger partial charge < -0.3 is 0 Å². The highest BCUT2D eigenvalue weighted by Crippen LogP contribution is 2.36. The summed E-state index contributed by atoms with van der Waals surface area (Å²) in [7, 11) is 0. The van der Waals surface area contributed by atoms with Crippen LogP contribution in [0.4, 0.5) is 0 Å². The van der Waals surface area contributed by atoms with E-state index in [0.29, 0.717) is 23.3 Å². The van der Waals surface area contributed by atoms with Crippen LogP contribution < -0.4 is 0 Å². The van der Waals surface area contributed by atoms with E-state index >= 15 is 0 Å². The maximum Gasteiger partial charge on any atom is 0.164 e. The Bertz CT molecular complexity index is 2970. The lowest BCUT2D eigenvalue weighted by atomic mass is 9.94. The zero-order chi connectivity index (χ0) is 40.1. The minimum absolute atomic E-state index is 0.617. The molecule has 0 aliphatic heterocycles. The summed E-state index contributed by atoms with van der Waals surface area (Å²) >= 11 is 0. The molecule has 0 aliphatic carbocycles. The molecule has 0 saturated heterocycles. The Kier molecular flexibility index (Phi) is 9.88. The van der Waals surface area contributed by atoms with Crippen molar-refractivity contribution in [3.05, 3.63) is 224 Å². The highest BCUT2D eigenvalue weighted by Gasteiger charge is 2.16. The number of benzene rings is 8. The zero-order valence-electron chi connectivity index (χ0n) is 32.6. The largest absolute Gasteiger partial charge is 0.228 e. The normalized spacial score (nSPS) is 11.0. The van der Waals surface area contributed by atoms with E-state index in [-0.39, 0.29) is 0 Å². The lowest BCUT2D eigenvalue weighted by molar-refractivity contribution is 1.07. The number of nitrogens with zero attached hydrogens (tertiary/aromatic N) is 5. The van der Waals surface area contributed by atoms with Crippen molar-refractivity contribution in [2.45, 2.75) is 0 Å². The summed E-state index contributed by atoms with van der Waals surface area (Å²) < 4.78 is 0. The molecular formula is C55H37N5. The molecule has 60 heavy (non-hydrogen) atoms. The van der Waals surface area contributed by atoms with Crippen LogP contribution >= 0.6 is 0 Å². The maximum absolute atomic E-state index is 5.22. The number of aromatic nitrogens is 5. The summed E-state index contributed by atoms with van der Waals surface area (Å²) in [4.78, 5) is 25.1. The summed E-state index contributed by atoms with van der Waals surface area (Å²) in [6.07, 6.45) is 0. The molecule has 2 heterocycles. The molecule has 0 amide bonds. The van der Waals surface area contributed by atoms with Crippen LogP contribution in [0.2, 0.25) is 0 Å². The van der Waals surface area contributed by atoms with Crippen molar-refractivity contribution < 1.29 is 0 Å². The molecule has 0 unspecified atom stereocenters. The first-order chi connectivity index (χ1) is 29.7. The second-order valence-electron chi connectivity index (χ2n) is 14.6. The molecule has 2 aromatic heterocycles. The highest BCUT2D eigenvalue weighted by atomic mass is 15.0. The van der Waals surface area contributed by atoms with Gasteiger partial charge in [0.15, 0.2) is 23.3 Å². The quantitative estimate of drug-likeness (QED) is 0.146. The molecule has 0 atom stereocenters. The van der Waals surface area contributed by atoms with E-state index in [2.05, 4.69) is 133 Å². The van der Waals surface area contributed by atoms with E-state index in [0.717, 1.165) is 72.6 Å². The van der Waals surface area contributed by atoms with Crippen LogP contribution in [0.3, 0.4) is 0 Å². The van der Waals surface area contributed by atoms with Crippen molar-refractivity contribution in [3.63, 3.8) is 0 Å². The fourth-order valence-electron chi connectivity index (χ4n) is 7.41. The van der Waals surface area contributed by atoms with Gasteiger partial charge in [0.2, 0.25) is 0 Å². The van der Waals surface area contributed by atoms with E-state index in [9.17, 15) is 0 Å². The fourth-order valence-corrected chi connectivity index (χ4v) is 7.41. The van der Waals surface area contributed by atoms with E-state index in [1.165, 1.54) is 5.56 Å². The molecule has 0 bridgehead atoms. The lowest BCUT2D eigenvalue weighted by Gasteiger charge is -2.14. The van der Waals surface area contributed by atoms with Gasteiger partial charge in [0.1, 0.15) is 0 Å². The van der Waals surface area contributed by atoms with Crippen LogP contribution in [-0.2, 0) is 0 Å². The predicted molar refractivity (Wildman–Crippen MR) is 244 cm³/mol. The monoisotopic (exact) mass is 767 g/mol. The molecule has 0 fully saturated rings. The topological polar surface area (TPSA) is 64.5 Å². The predicted octanol–water partition coefficient (Wildman–Crippen LogP) is 13.7. The average molecular weight is 768 g/mol. The van der Waals surface area contributed by atoms with Crippen LogP contribution in [0.5, 0.6) is 0 Å². The lowest BCUT2D eigenvalue weighted by Crippen LogP contribution is -2.00. The van der Waals surface area contributed by atoms with Crippen molar-refractivity contribution in [1.82, 2.24) is 24.9 Å². The maximum atomic E-state index is 5.22. The van der Waals surface area contributed by atoms with Gasteiger partial charge in [-0.3, -0.25) is 0 Å². The molecule has 0 radical (unpaired) electrons. The Morgan fingerprint density at radius 2 is 0.417 bits per heavy atom. The third-order valence-corrected chi connectivity index (χ3v) is 10.6. The van der Waals surface area contributed by atoms with Crippen LogP contribution in [0.1, 0.15) is 0 Å². The van der Waals surface area contributed by atoms with Gasteiger partial charge in [0, 0.05) is 33.4 Å². The van der Waals surface area contributed by atoms with Gasteiger partial charge in [-0.2, -0.15) is 0 Å². The van der Waals surface area contributed by atoms with Crippen molar-refractivity contribution in [1.29, 1.82) is 0 Å². The second kappa shape index (κ2) is 16.4. The second-order valence-corrected chi connectivity index (χ2v) is 14.6. The smallest absolute Gasteiger partial charge is 0.164 e. The molecule has 8 aromatic carbocycles. The fraction of sp³-hybridized carbons (Fsp3) is 0. The third-order valence-electron chi connectivity index (χ3n) is 10.6. The van der Waals surface area contributed by atoms with Crippen molar-refractivity contribution in [2.24, 2.45) is 0 Å². The van der Waals surface area contributed by atoms with E-state index in [4.69, 9.17) is 24.9 Å². The van der Waals surface area contributed by atoms with Crippen LogP contribution in [0.25, 0.3) is 101 Å². The van der Waals surface area contributed by atoms with Crippen LogP contribution in [0, 0.1) is 0 Å². The van der Waals surface area contributed by atoms with Gasteiger partial charge in [0.25, 0.3) is 0 Å². The first-order valence-electron chi connectivity index (χ1n) is 20.0. The number of hydrogen-bond donors (Lipinski definition) is 0. The molecule has 0 N–H and O–H groups in total. The standard InChI is InChI=1S/C55H37N5/c1-6-16-38(17-7-1)40-26-30-42(31-27-40)50-37-51(57-52(56-50)43-20-10-3-11-21-43)49-35-47(39-18-8-2-9-19-39)34-48(36-49)41-28-32-46(33-29-41)55-59-53(44-22-12-4-13-23-44)58-54(60-55)45-24-14-5-15-25-45/h1-37H. The molecule has 0 spiro atoms. The Morgan fingerprint density at radius 3 is 0.833 bits per heavy atom. The third kappa shape index (κ3) is 7.76. The van der Waals surface area contributed by atoms with E-state index in [1.54, 1.807) is 0 Å². The van der Waals surface area contributed by atoms with E-state index in [1.807, 2.05) is 91.0 Å². The first-order valence-corrected chi connectivity index (χ1v) is 20.0. The Hall–Kier alpha value is -8.15. The molecule has 5 heteroatoms. The van der Waals surface area contributed by atoms with Gasteiger partial charge >= 0.3 is 0 Å². The molecule has 0 saturated carbocycles. The molecule has 282 valence electrons. The van der Waals surface area contributed by atoms with Gasteiger partial charge in [-0.1, -0.05) is 200 Å². The Morgan fingerprint density at radius 1 is 0.167 bits per heavy atom. The van der Waals surface area contributed by atoms with Crippen LogP contribution in [0.15, 0.2) is 224 Å². The van der Waals surface area contributed by atoms with E-state index < -0.39 is 0 Å². The molecule has 10 rings (SSSR count). The Balaban J connectivity index is 1.07. The molecule has 0 aliphatic rings. The summed E-state index contributed by atoms with van der Waals surface area (Å²) in [5.74, 6) is 2.56. The minimum atomic E-state index is 0.617. The van der Waals surface area contributed by atoms with Gasteiger partial charge in [-0.15, -0.1) is 0 Å². The summed E-state index contributed by atoms with van der Waals surface area (Å²) in [6, 6.07) is 77.2. The number of hydrogen-bond acceptors (Lipinski definition) is 5. The van der Waals surface area contributed by atoms with Crippen molar-refractivity contribution >= 4 is 0 Å². The van der Waals surface area contributed by atoms with Crippen molar-refractivity contribution in [2.75, 3.05) is 0 Å². The molecular weight excluding hydrogens is 731 g/mol. The minimum Gasteiger partial charge on any atom is -0.228 e. The summed E-state index contributed by atoms with van der Waals surface area (Å²) in [6.45, 7) is 0. The van der Waals surface area contributed by atoms with Crippen LogP contribution in [-0.4, -0.2) is 24.9 Å². The van der Waals surface area contributed by atoms with Gasteiger partial charge in [-0.05, 0) is 57.6 Å². The highest BCUT2D eigenvalue weighted by molar-refractivity contribution is 5.83. The van der Waals surface area contributed by atoms with Crippen molar-refractivity contribution in [3.8, 4) is 101 Å². The Labute approximate surface area is 349 Å². The molecule has 10 aromatic rings. The molecule has 5 nitrogen and oxygen atoms in total. The summed E-state index contributed by atoms with van der Waals surface area (Å²) in [5.41, 5.74) is 14.1. The van der Waals surface area contributed by atoms with Gasteiger partial charge in [0.05, 0.1) is 11.4 Å².